The molecule has 0 aliphatic carbocycles. The molecule has 1 rings (SSSR count). The minimum atomic E-state index is -4.18. The molecule has 0 aliphatic heterocycles. The van der Waals surface area contributed by atoms with Gasteiger partial charge in [-0.3, -0.25) is 4.79 Å². The molecule has 110 valence electrons. The fourth-order valence-electron chi connectivity index (χ4n) is 1.33. The number of amides is 1. The third kappa shape index (κ3) is 4.50. The van der Waals surface area contributed by atoms with Crippen LogP contribution in [0.3, 0.4) is 0 Å². The summed E-state index contributed by atoms with van der Waals surface area (Å²) in [4.78, 5) is 11.1. The maximum Gasteiger partial charge on any atom is 0.265 e. The van der Waals surface area contributed by atoms with Gasteiger partial charge in [-0.05, 0) is 25.1 Å². The Labute approximate surface area is 120 Å². The molecular weight excluding hydrogens is 309 g/mol. The van der Waals surface area contributed by atoms with E-state index < -0.39 is 31.8 Å². The second-order valence-electron chi connectivity index (χ2n) is 3.82. The molecule has 8 heteroatoms. The maximum absolute atomic E-state index is 13.1. The van der Waals surface area contributed by atoms with E-state index in [-0.39, 0.29) is 12.3 Å². The van der Waals surface area contributed by atoms with E-state index in [0.717, 1.165) is 18.2 Å². The topological polar surface area (TPSA) is 72.5 Å². The molecular formula is C12H13ClFNO4S. The highest BCUT2D eigenvalue weighted by Gasteiger charge is 2.22. The average molecular weight is 322 g/mol. The predicted molar refractivity (Wildman–Crippen MR) is 72.7 cm³/mol. The summed E-state index contributed by atoms with van der Waals surface area (Å²) in [6.45, 7) is 5.11. The van der Waals surface area contributed by atoms with E-state index in [4.69, 9.17) is 15.4 Å². The van der Waals surface area contributed by atoms with Crippen molar-refractivity contribution in [2.75, 3.05) is 6.54 Å². The quantitative estimate of drug-likeness (QED) is 0.641. The zero-order valence-electron chi connectivity index (χ0n) is 10.6. The molecule has 0 radical (unpaired) electrons. The van der Waals surface area contributed by atoms with Crippen LogP contribution in [0.2, 0.25) is 0 Å². The Balaban J connectivity index is 2.98. The Kier molecular flexibility index (Phi) is 5.52. The minimum Gasteiger partial charge on any atom is -0.479 e. The van der Waals surface area contributed by atoms with Crippen LogP contribution < -0.4 is 10.1 Å². The Bertz CT molecular complexity index is 618. The van der Waals surface area contributed by atoms with Crippen LogP contribution in [0.15, 0.2) is 35.7 Å². The highest BCUT2D eigenvalue weighted by molar-refractivity contribution is 8.13. The highest BCUT2D eigenvalue weighted by Crippen LogP contribution is 2.28. The van der Waals surface area contributed by atoms with E-state index >= 15 is 0 Å². The number of carbonyl (C=O) groups is 1. The number of rotatable bonds is 6. The molecule has 0 heterocycles. The van der Waals surface area contributed by atoms with Gasteiger partial charge in [-0.15, -0.1) is 6.58 Å². The van der Waals surface area contributed by atoms with Crippen molar-refractivity contribution in [3.63, 3.8) is 0 Å². The summed E-state index contributed by atoms with van der Waals surface area (Å²) in [7, 11) is 1.01. The highest BCUT2D eigenvalue weighted by atomic mass is 35.7. The number of nitrogens with one attached hydrogen (secondary N) is 1. The lowest BCUT2D eigenvalue weighted by atomic mass is 10.3. The van der Waals surface area contributed by atoms with Gasteiger partial charge < -0.3 is 10.1 Å². The molecule has 0 fully saturated rings. The van der Waals surface area contributed by atoms with E-state index in [2.05, 4.69) is 11.9 Å². The fraction of sp³-hybridized carbons (Fsp3) is 0.250. The van der Waals surface area contributed by atoms with Gasteiger partial charge in [-0.2, -0.15) is 0 Å². The molecule has 5 nitrogen and oxygen atoms in total. The summed E-state index contributed by atoms with van der Waals surface area (Å²) in [6, 6.07) is 2.84. The molecule has 1 N–H and O–H groups in total. The number of carbonyl (C=O) groups excluding carboxylic acids is 1. The Morgan fingerprint density at radius 2 is 2.25 bits per heavy atom. The molecule has 0 aliphatic rings. The van der Waals surface area contributed by atoms with Crippen molar-refractivity contribution in [1.29, 1.82) is 0 Å². The Morgan fingerprint density at radius 3 is 2.80 bits per heavy atom. The van der Waals surface area contributed by atoms with Crippen molar-refractivity contribution in [1.82, 2.24) is 5.32 Å². The Morgan fingerprint density at radius 1 is 1.60 bits per heavy atom. The van der Waals surface area contributed by atoms with Gasteiger partial charge in [0.1, 0.15) is 16.5 Å². The molecule has 0 bridgehead atoms. The molecule has 1 unspecified atom stereocenters. The van der Waals surface area contributed by atoms with Gasteiger partial charge in [-0.25, -0.2) is 12.8 Å². The molecule has 0 saturated carbocycles. The van der Waals surface area contributed by atoms with Crippen molar-refractivity contribution in [3.8, 4) is 5.75 Å². The van der Waals surface area contributed by atoms with E-state index in [1.807, 2.05) is 0 Å². The van der Waals surface area contributed by atoms with Gasteiger partial charge in [0.05, 0.1) is 0 Å². The van der Waals surface area contributed by atoms with Gasteiger partial charge in [0.25, 0.3) is 15.0 Å². The lowest BCUT2D eigenvalue weighted by molar-refractivity contribution is -0.127. The zero-order valence-corrected chi connectivity index (χ0v) is 12.2. The second-order valence-corrected chi connectivity index (χ2v) is 6.36. The van der Waals surface area contributed by atoms with Crippen molar-refractivity contribution in [3.05, 3.63) is 36.7 Å². The number of hydrogen-bond donors (Lipinski definition) is 1. The van der Waals surface area contributed by atoms with Gasteiger partial charge in [-0.1, -0.05) is 6.08 Å². The van der Waals surface area contributed by atoms with Crippen molar-refractivity contribution < 1.29 is 22.3 Å². The number of ether oxygens (including phenoxy) is 1. The molecule has 1 aromatic carbocycles. The average Bonchev–Trinajstić information content (AvgIpc) is 2.36. The number of benzene rings is 1. The SMILES string of the molecule is C=CCNC(=O)C(C)Oc1ccc(F)cc1S(=O)(=O)Cl. The van der Waals surface area contributed by atoms with Gasteiger partial charge in [0, 0.05) is 17.2 Å². The molecule has 0 spiro atoms. The van der Waals surface area contributed by atoms with E-state index in [9.17, 15) is 17.6 Å². The van der Waals surface area contributed by atoms with Crippen LogP contribution in [0.5, 0.6) is 5.75 Å². The van der Waals surface area contributed by atoms with Crippen LogP contribution in [-0.4, -0.2) is 27.0 Å². The molecule has 1 aromatic rings. The van der Waals surface area contributed by atoms with Crippen molar-refractivity contribution in [2.45, 2.75) is 17.9 Å². The lowest BCUT2D eigenvalue weighted by Gasteiger charge is -2.15. The first-order chi connectivity index (χ1) is 9.25. The first-order valence-electron chi connectivity index (χ1n) is 5.55. The van der Waals surface area contributed by atoms with Crippen LogP contribution in [-0.2, 0) is 13.8 Å². The second kappa shape index (κ2) is 6.71. The summed E-state index contributed by atoms with van der Waals surface area (Å²) in [6.07, 6.45) is 0.509. The van der Waals surface area contributed by atoms with E-state index in [0.29, 0.717) is 0 Å². The molecule has 20 heavy (non-hydrogen) atoms. The van der Waals surface area contributed by atoms with Crippen LogP contribution in [0.4, 0.5) is 4.39 Å². The summed E-state index contributed by atoms with van der Waals surface area (Å²) in [5.41, 5.74) is 0. The number of halogens is 2. The molecule has 0 saturated heterocycles. The van der Waals surface area contributed by atoms with Gasteiger partial charge in [0.15, 0.2) is 6.10 Å². The van der Waals surface area contributed by atoms with Crippen molar-refractivity contribution in [2.24, 2.45) is 0 Å². The molecule has 0 aromatic heterocycles. The van der Waals surface area contributed by atoms with E-state index in [1.165, 1.54) is 13.0 Å². The number of hydrogen-bond acceptors (Lipinski definition) is 4. The van der Waals surface area contributed by atoms with Crippen LogP contribution in [0, 0.1) is 5.82 Å². The minimum absolute atomic E-state index is 0.192. The first kappa shape index (κ1) is 16.5. The van der Waals surface area contributed by atoms with Crippen molar-refractivity contribution >= 4 is 25.6 Å². The van der Waals surface area contributed by atoms with Crippen LogP contribution in [0.1, 0.15) is 6.92 Å². The Hall–Kier alpha value is -1.60. The normalized spacial score (nSPS) is 12.6. The monoisotopic (exact) mass is 321 g/mol. The summed E-state index contributed by atoms with van der Waals surface area (Å²) in [5, 5.41) is 2.48. The van der Waals surface area contributed by atoms with E-state index in [1.54, 1.807) is 0 Å². The lowest BCUT2D eigenvalue weighted by Crippen LogP contribution is -2.36. The predicted octanol–water partition coefficient (Wildman–Crippen LogP) is 1.82. The summed E-state index contributed by atoms with van der Waals surface area (Å²) >= 11 is 0. The first-order valence-corrected chi connectivity index (χ1v) is 7.86. The summed E-state index contributed by atoms with van der Waals surface area (Å²) in [5.74, 6) is -1.44. The molecule has 1 atom stereocenters. The third-order valence-corrected chi connectivity index (χ3v) is 3.61. The fourth-order valence-corrected chi connectivity index (χ4v) is 2.30. The smallest absolute Gasteiger partial charge is 0.265 e. The van der Waals surface area contributed by atoms with Gasteiger partial charge >= 0.3 is 0 Å². The standard InChI is InChI=1S/C12H13ClFNO4S/c1-3-6-15-12(16)8(2)19-10-5-4-9(14)7-11(10)20(13,17)18/h3-5,7-8H,1,6H2,2H3,(H,15,16). The summed E-state index contributed by atoms with van der Waals surface area (Å²) < 4.78 is 40.9. The molecule has 1 amide bonds. The largest absolute Gasteiger partial charge is 0.479 e. The van der Waals surface area contributed by atoms with Crippen LogP contribution >= 0.6 is 10.7 Å². The zero-order chi connectivity index (χ0) is 15.3. The maximum atomic E-state index is 13.1. The van der Waals surface area contributed by atoms with Gasteiger partial charge in [0.2, 0.25) is 0 Å². The third-order valence-electron chi connectivity index (χ3n) is 2.26. The van der Waals surface area contributed by atoms with Crippen LogP contribution in [0.25, 0.3) is 0 Å².